The molecule has 0 unspecified atom stereocenters. The summed E-state index contributed by atoms with van der Waals surface area (Å²) in [4.78, 5) is 13.0. The second-order valence-corrected chi connectivity index (χ2v) is 12.1. The topological polar surface area (TPSA) is 104 Å². The van der Waals surface area contributed by atoms with Crippen molar-refractivity contribution in [1.82, 2.24) is 4.31 Å². The minimum absolute atomic E-state index is 0.0182. The van der Waals surface area contributed by atoms with Crippen molar-refractivity contribution < 1.29 is 21.6 Å². The molecule has 11 heteroatoms. The Labute approximate surface area is 223 Å². The fourth-order valence-electron chi connectivity index (χ4n) is 3.67. The van der Waals surface area contributed by atoms with Gasteiger partial charge in [-0.3, -0.25) is 9.10 Å². The number of carbonyl (C=O) groups is 1. The Bertz CT molecular complexity index is 1490. The lowest BCUT2D eigenvalue weighted by atomic mass is 10.2. The Morgan fingerprint density at radius 3 is 2.16 bits per heavy atom. The molecule has 0 aliphatic heterocycles. The lowest BCUT2D eigenvalue weighted by Crippen LogP contribution is -2.31. The van der Waals surface area contributed by atoms with Gasteiger partial charge >= 0.3 is 0 Å². The van der Waals surface area contributed by atoms with Gasteiger partial charge in [-0.25, -0.2) is 16.8 Å². The molecule has 1 N–H and O–H groups in total. The molecule has 0 saturated heterocycles. The van der Waals surface area contributed by atoms with Crippen LogP contribution in [0, 0.1) is 0 Å². The molecule has 3 aromatic rings. The molecule has 37 heavy (non-hydrogen) atoms. The summed E-state index contributed by atoms with van der Waals surface area (Å²) < 4.78 is 55.1. The van der Waals surface area contributed by atoms with Crippen LogP contribution in [0.15, 0.2) is 95.2 Å². The number of hydrogen-bond donors (Lipinski definition) is 1. The van der Waals surface area contributed by atoms with E-state index in [1.165, 1.54) is 57.2 Å². The van der Waals surface area contributed by atoms with E-state index in [4.69, 9.17) is 11.6 Å². The van der Waals surface area contributed by atoms with Crippen LogP contribution in [-0.4, -0.2) is 46.7 Å². The first-order valence-corrected chi connectivity index (χ1v) is 14.7. The Morgan fingerprint density at radius 2 is 1.54 bits per heavy atom. The third kappa shape index (κ3) is 6.22. The zero-order chi connectivity index (χ0) is 27.2. The molecule has 0 aromatic heterocycles. The Hall–Kier alpha value is -3.18. The SMILES string of the molecule is C=CCN(c1ccccc1)S(=O)(=O)c1ccc(Cl)c(C(=O)Nc2cccc(S(=O)(=O)N(CC)CC)c2)c1. The first-order valence-electron chi connectivity index (χ1n) is 11.5. The van der Waals surface area contributed by atoms with Crippen molar-refractivity contribution in [2.45, 2.75) is 23.6 Å². The molecule has 3 aromatic carbocycles. The van der Waals surface area contributed by atoms with Crippen LogP contribution < -0.4 is 9.62 Å². The molecule has 0 aliphatic rings. The van der Waals surface area contributed by atoms with Crippen LogP contribution in [0.3, 0.4) is 0 Å². The quantitative estimate of drug-likeness (QED) is 0.332. The molecule has 3 rings (SSSR count). The van der Waals surface area contributed by atoms with E-state index in [9.17, 15) is 21.6 Å². The van der Waals surface area contributed by atoms with Crippen LogP contribution in [0.25, 0.3) is 0 Å². The van der Waals surface area contributed by atoms with E-state index in [1.807, 2.05) is 0 Å². The number of amides is 1. The van der Waals surface area contributed by atoms with Crippen LogP contribution in [0.1, 0.15) is 24.2 Å². The molecule has 0 fully saturated rings. The zero-order valence-corrected chi connectivity index (χ0v) is 22.9. The number of benzene rings is 3. The van der Waals surface area contributed by atoms with E-state index in [2.05, 4.69) is 11.9 Å². The molecular formula is C26H28ClN3O5S2. The monoisotopic (exact) mass is 561 g/mol. The fourth-order valence-corrected chi connectivity index (χ4v) is 6.84. The van der Waals surface area contributed by atoms with E-state index < -0.39 is 26.0 Å². The molecule has 0 bridgehead atoms. The van der Waals surface area contributed by atoms with Crippen molar-refractivity contribution in [1.29, 1.82) is 0 Å². The van der Waals surface area contributed by atoms with Gasteiger partial charge in [0.15, 0.2) is 0 Å². The highest BCUT2D eigenvalue weighted by molar-refractivity contribution is 7.92. The van der Waals surface area contributed by atoms with E-state index in [-0.39, 0.29) is 32.6 Å². The Balaban J connectivity index is 1.95. The summed E-state index contributed by atoms with van der Waals surface area (Å²) in [5, 5.41) is 2.66. The van der Waals surface area contributed by atoms with E-state index in [0.29, 0.717) is 18.8 Å². The number of para-hydroxylation sites is 1. The van der Waals surface area contributed by atoms with E-state index in [1.54, 1.807) is 44.2 Å². The minimum Gasteiger partial charge on any atom is -0.322 e. The van der Waals surface area contributed by atoms with Crippen molar-refractivity contribution in [2.75, 3.05) is 29.3 Å². The van der Waals surface area contributed by atoms with Gasteiger partial charge < -0.3 is 5.32 Å². The third-order valence-corrected chi connectivity index (χ3v) is 9.71. The van der Waals surface area contributed by atoms with Gasteiger partial charge in [0, 0.05) is 18.8 Å². The van der Waals surface area contributed by atoms with Gasteiger partial charge in [-0.15, -0.1) is 6.58 Å². The van der Waals surface area contributed by atoms with Gasteiger partial charge in [0.05, 0.1) is 32.6 Å². The molecule has 196 valence electrons. The van der Waals surface area contributed by atoms with Crippen LogP contribution in [-0.2, 0) is 20.0 Å². The van der Waals surface area contributed by atoms with E-state index in [0.717, 1.165) is 0 Å². The van der Waals surface area contributed by atoms with E-state index >= 15 is 0 Å². The van der Waals surface area contributed by atoms with Crippen molar-refractivity contribution in [2.24, 2.45) is 0 Å². The van der Waals surface area contributed by atoms with Crippen molar-refractivity contribution >= 4 is 48.9 Å². The summed E-state index contributed by atoms with van der Waals surface area (Å²) >= 11 is 6.26. The van der Waals surface area contributed by atoms with Crippen LogP contribution in [0.2, 0.25) is 5.02 Å². The molecule has 0 heterocycles. The first kappa shape index (κ1) is 28.4. The van der Waals surface area contributed by atoms with Gasteiger partial charge in [0.2, 0.25) is 10.0 Å². The van der Waals surface area contributed by atoms with Crippen LogP contribution in [0.5, 0.6) is 0 Å². The standard InChI is InChI=1S/C26H28ClN3O5S2/c1-4-17-30(21-12-8-7-9-13-21)37(34,35)23-15-16-25(27)24(19-23)26(31)28-20-11-10-14-22(18-20)36(32,33)29(5-2)6-3/h4,7-16,18-19H,1,5-6,17H2,2-3H3,(H,28,31). The molecule has 0 spiro atoms. The maximum atomic E-state index is 13.5. The highest BCUT2D eigenvalue weighted by Gasteiger charge is 2.26. The van der Waals surface area contributed by atoms with Crippen molar-refractivity contribution in [3.63, 3.8) is 0 Å². The number of halogens is 1. The van der Waals surface area contributed by atoms with Gasteiger partial charge in [-0.05, 0) is 48.5 Å². The molecule has 0 aliphatic carbocycles. The average molecular weight is 562 g/mol. The number of nitrogens with zero attached hydrogens (tertiary/aromatic N) is 2. The molecule has 0 radical (unpaired) electrons. The summed E-state index contributed by atoms with van der Waals surface area (Å²) in [5.74, 6) is -0.686. The fraction of sp³-hybridized carbons (Fsp3) is 0.192. The van der Waals surface area contributed by atoms with Crippen LogP contribution in [0.4, 0.5) is 11.4 Å². The maximum absolute atomic E-state index is 13.5. The Morgan fingerprint density at radius 1 is 0.892 bits per heavy atom. The van der Waals surface area contributed by atoms with Crippen molar-refractivity contribution in [3.05, 3.63) is 96.0 Å². The number of nitrogens with one attached hydrogen (secondary N) is 1. The highest BCUT2D eigenvalue weighted by atomic mass is 35.5. The number of carbonyl (C=O) groups excluding carboxylic acids is 1. The Kier molecular flexibility index (Phi) is 9.14. The number of sulfonamides is 2. The number of anilines is 2. The smallest absolute Gasteiger partial charge is 0.264 e. The van der Waals surface area contributed by atoms with Gasteiger partial charge in [0.25, 0.3) is 15.9 Å². The predicted octanol–water partition coefficient (Wildman–Crippen LogP) is 5.00. The molecule has 0 atom stereocenters. The zero-order valence-electron chi connectivity index (χ0n) is 20.5. The van der Waals surface area contributed by atoms with Gasteiger partial charge in [-0.1, -0.05) is 55.8 Å². The second-order valence-electron chi connectivity index (χ2n) is 7.87. The third-order valence-electron chi connectivity index (χ3n) is 5.54. The summed E-state index contributed by atoms with van der Waals surface area (Å²) in [6, 6.07) is 18.2. The lowest BCUT2D eigenvalue weighted by Gasteiger charge is -2.23. The maximum Gasteiger partial charge on any atom is 0.264 e. The summed E-state index contributed by atoms with van der Waals surface area (Å²) in [7, 11) is -7.80. The van der Waals surface area contributed by atoms with Gasteiger partial charge in [0.1, 0.15) is 0 Å². The molecule has 0 saturated carbocycles. The first-order chi connectivity index (χ1) is 17.6. The predicted molar refractivity (Wildman–Crippen MR) is 147 cm³/mol. The molecular weight excluding hydrogens is 534 g/mol. The van der Waals surface area contributed by atoms with Gasteiger partial charge in [-0.2, -0.15) is 4.31 Å². The second kappa shape index (κ2) is 11.9. The minimum atomic E-state index is -4.06. The summed E-state index contributed by atoms with van der Waals surface area (Å²) in [6.07, 6.45) is 1.47. The highest BCUT2D eigenvalue weighted by Crippen LogP contribution is 2.28. The summed E-state index contributed by atoms with van der Waals surface area (Å²) in [6.45, 7) is 7.75. The van der Waals surface area contributed by atoms with Crippen LogP contribution >= 0.6 is 11.6 Å². The largest absolute Gasteiger partial charge is 0.322 e. The normalized spacial score (nSPS) is 11.8. The summed E-state index contributed by atoms with van der Waals surface area (Å²) in [5.41, 5.74) is 0.584. The lowest BCUT2D eigenvalue weighted by molar-refractivity contribution is 0.102. The number of hydrogen-bond acceptors (Lipinski definition) is 5. The number of rotatable bonds is 11. The van der Waals surface area contributed by atoms with Crippen molar-refractivity contribution in [3.8, 4) is 0 Å². The molecule has 1 amide bonds. The molecule has 8 nitrogen and oxygen atoms in total. The average Bonchev–Trinajstić information content (AvgIpc) is 2.88.